The van der Waals surface area contributed by atoms with Crippen molar-refractivity contribution in [2.45, 2.75) is 17.3 Å². The average molecular weight is 515 g/mol. The van der Waals surface area contributed by atoms with Crippen molar-refractivity contribution in [2.75, 3.05) is 0 Å². The summed E-state index contributed by atoms with van der Waals surface area (Å²) >= 11 is -3.17. The van der Waals surface area contributed by atoms with Crippen LogP contribution in [-0.4, -0.2) is 18.4 Å². The van der Waals surface area contributed by atoms with Gasteiger partial charge in [0, 0.05) is 0 Å². The van der Waals surface area contributed by atoms with Crippen molar-refractivity contribution in [1.29, 1.82) is 0 Å². The molecule has 2 heteroatoms. The van der Waals surface area contributed by atoms with Crippen LogP contribution in [0.5, 0.6) is 0 Å². The molecule has 1 nitrogen and oxygen atoms in total. The number of benzene rings is 5. The fourth-order valence-electron chi connectivity index (χ4n) is 5.35. The van der Waals surface area contributed by atoms with Gasteiger partial charge in [-0.25, -0.2) is 0 Å². The normalized spacial score (nSPS) is 11.8. The molecule has 0 saturated heterocycles. The Kier molecular flexibility index (Phi) is 6.99. The molecule has 0 amide bonds. The van der Waals surface area contributed by atoms with Crippen LogP contribution < -0.4 is 13.2 Å². The molecule has 172 valence electrons. The maximum absolute atomic E-state index is 12.4. The van der Waals surface area contributed by atoms with Crippen molar-refractivity contribution < 1.29 is 5.11 Å². The minimum atomic E-state index is -3.17. The number of hydrogen-bond donors (Lipinski definition) is 1. The van der Waals surface area contributed by atoms with Crippen molar-refractivity contribution in [3.05, 3.63) is 163 Å². The SMILES string of the molecule is OC(C[CH2][Ge]([c]1ccccc1)([c]1ccccc1)[c]1ccccc1)(c1ccccc1)c1ccccc1. The molecule has 35 heavy (non-hydrogen) atoms. The summed E-state index contributed by atoms with van der Waals surface area (Å²) in [4.78, 5) is 0. The molecule has 5 aromatic rings. The van der Waals surface area contributed by atoms with Gasteiger partial charge in [0.25, 0.3) is 0 Å². The van der Waals surface area contributed by atoms with Crippen molar-refractivity contribution in [1.82, 2.24) is 0 Å². The van der Waals surface area contributed by atoms with Gasteiger partial charge in [-0.2, -0.15) is 0 Å². The topological polar surface area (TPSA) is 20.2 Å². The van der Waals surface area contributed by atoms with Crippen LogP contribution in [0.1, 0.15) is 17.5 Å². The maximum atomic E-state index is 12.4. The van der Waals surface area contributed by atoms with Gasteiger partial charge in [0.2, 0.25) is 0 Å². The van der Waals surface area contributed by atoms with Crippen LogP contribution in [0.2, 0.25) is 5.25 Å². The fourth-order valence-corrected chi connectivity index (χ4v) is 15.6. The van der Waals surface area contributed by atoms with Crippen LogP contribution in [0.3, 0.4) is 0 Å². The zero-order valence-electron chi connectivity index (χ0n) is 19.8. The molecule has 0 spiro atoms. The van der Waals surface area contributed by atoms with Crippen LogP contribution in [0.15, 0.2) is 152 Å². The molecule has 1 N–H and O–H groups in total. The van der Waals surface area contributed by atoms with Gasteiger partial charge in [-0.3, -0.25) is 0 Å². The molecule has 0 fully saturated rings. The molecular formula is C33H30GeO. The third kappa shape index (κ3) is 4.62. The van der Waals surface area contributed by atoms with E-state index in [1.165, 1.54) is 13.2 Å². The summed E-state index contributed by atoms with van der Waals surface area (Å²) in [6.07, 6.45) is 0.639. The summed E-state index contributed by atoms with van der Waals surface area (Å²) in [6.45, 7) is 0. The first-order valence-corrected chi connectivity index (χ1v) is 16.9. The number of rotatable bonds is 8. The Bertz CT molecular complexity index is 1180. The number of aliphatic hydroxyl groups is 1. The molecular weight excluding hydrogens is 485 g/mol. The van der Waals surface area contributed by atoms with E-state index in [4.69, 9.17) is 0 Å². The molecule has 0 radical (unpaired) electrons. The minimum absolute atomic E-state index is 0.639. The molecule has 0 heterocycles. The van der Waals surface area contributed by atoms with E-state index in [0.29, 0.717) is 6.42 Å². The molecule has 0 aliphatic carbocycles. The van der Waals surface area contributed by atoms with Gasteiger partial charge >= 0.3 is 212 Å². The van der Waals surface area contributed by atoms with Gasteiger partial charge in [-0.15, -0.1) is 0 Å². The summed E-state index contributed by atoms with van der Waals surface area (Å²) in [5.41, 5.74) is 0.811. The predicted octanol–water partition coefficient (Wildman–Crippen LogP) is 5.48. The molecule has 0 saturated carbocycles. The zero-order valence-corrected chi connectivity index (χ0v) is 21.9. The second-order valence-corrected chi connectivity index (χ2v) is 17.6. The molecule has 5 rings (SSSR count). The van der Waals surface area contributed by atoms with E-state index in [0.717, 1.165) is 16.4 Å². The van der Waals surface area contributed by atoms with Gasteiger partial charge in [0.1, 0.15) is 0 Å². The predicted molar refractivity (Wildman–Crippen MR) is 149 cm³/mol. The molecule has 0 bridgehead atoms. The molecule has 0 aliphatic heterocycles. The monoisotopic (exact) mass is 516 g/mol. The van der Waals surface area contributed by atoms with Crippen LogP contribution in [0.25, 0.3) is 0 Å². The Hall–Kier alpha value is -3.40. The molecule has 0 aliphatic rings. The fraction of sp³-hybridized carbons (Fsp3) is 0.0909. The van der Waals surface area contributed by atoms with Crippen LogP contribution >= 0.6 is 0 Å². The molecule has 0 unspecified atom stereocenters. The summed E-state index contributed by atoms with van der Waals surface area (Å²) in [7, 11) is 0. The molecule has 0 aromatic heterocycles. The standard InChI is InChI=1S/C33H30GeO/c35-33(28-16-6-1-7-17-28,29-18-8-2-9-19-29)26-27-34(30-20-10-3-11-21-30,31-22-12-4-13-23-31)32-24-14-5-15-25-32/h1-25,35H,26-27H2. The van der Waals surface area contributed by atoms with E-state index in [-0.39, 0.29) is 0 Å². The van der Waals surface area contributed by atoms with E-state index in [2.05, 4.69) is 115 Å². The van der Waals surface area contributed by atoms with Gasteiger partial charge in [0.15, 0.2) is 0 Å². The van der Waals surface area contributed by atoms with Crippen molar-refractivity contribution in [3.8, 4) is 0 Å². The Morgan fingerprint density at radius 3 is 1.03 bits per heavy atom. The summed E-state index contributed by atoms with van der Waals surface area (Å²) in [6, 6.07) is 53.3. The van der Waals surface area contributed by atoms with Gasteiger partial charge in [-0.1, -0.05) is 0 Å². The molecule has 0 atom stereocenters. The second-order valence-electron chi connectivity index (χ2n) is 9.10. The van der Waals surface area contributed by atoms with Gasteiger partial charge in [-0.05, 0) is 0 Å². The van der Waals surface area contributed by atoms with E-state index < -0.39 is 18.9 Å². The van der Waals surface area contributed by atoms with Crippen molar-refractivity contribution >= 4 is 26.5 Å². The van der Waals surface area contributed by atoms with E-state index >= 15 is 0 Å². The van der Waals surface area contributed by atoms with Crippen molar-refractivity contribution in [2.24, 2.45) is 0 Å². The summed E-state index contributed by atoms with van der Waals surface area (Å²) in [5.74, 6) is 0. The van der Waals surface area contributed by atoms with E-state index in [1.807, 2.05) is 36.4 Å². The van der Waals surface area contributed by atoms with Crippen LogP contribution in [-0.2, 0) is 5.60 Å². The second kappa shape index (κ2) is 10.5. The number of hydrogen-bond acceptors (Lipinski definition) is 1. The Balaban J connectivity index is 1.69. The third-order valence-corrected chi connectivity index (χ3v) is 17.6. The summed E-state index contributed by atoms with van der Waals surface area (Å²) < 4.78 is 4.23. The van der Waals surface area contributed by atoms with Crippen LogP contribution in [0.4, 0.5) is 0 Å². The first-order chi connectivity index (χ1) is 17.2. The van der Waals surface area contributed by atoms with E-state index in [9.17, 15) is 5.11 Å². The van der Waals surface area contributed by atoms with Gasteiger partial charge in [0.05, 0.1) is 0 Å². The first kappa shape index (κ1) is 23.3. The van der Waals surface area contributed by atoms with Crippen molar-refractivity contribution in [3.63, 3.8) is 0 Å². The Morgan fingerprint density at radius 2 is 0.714 bits per heavy atom. The van der Waals surface area contributed by atoms with E-state index in [1.54, 1.807) is 0 Å². The Morgan fingerprint density at radius 1 is 0.429 bits per heavy atom. The Labute approximate surface area is 211 Å². The first-order valence-electron chi connectivity index (χ1n) is 12.2. The third-order valence-electron chi connectivity index (χ3n) is 7.16. The molecule has 5 aromatic carbocycles. The summed E-state index contributed by atoms with van der Waals surface area (Å²) in [5, 5.41) is 13.3. The zero-order chi connectivity index (χ0) is 24.0. The quantitative estimate of drug-likeness (QED) is 0.272. The van der Waals surface area contributed by atoms with Crippen LogP contribution in [0, 0.1) is 0 Å². The van der Waals surface area contributed by atoms with Gasteiger partial charge < -0.3 is 0 Å². The average Bonchev–Trinajstić information content (AvgIpc) is 2.96.